The van der Waals surface area contributed by atoms with Crippen LogP contribution in [0.5, 0.6) is 0 Å². The van der Waals surface area contributed by atoms with Gasteiger partial charge >= 0.3 is 5.69 Å². The van der Waals surface area contributed by atoms with E-state index >= 15 is 0 Å². The van der Waals surface area contributed by atoms with Crippen LogP contribution in [0.25, 0.3) is 0 Å². The zero-order valence-electron chi connectivity index (χ0n) is 14.4. The maximum absolute atomic E-state index is 11.0. The summed E-state index contributed by atoms with van der Waals surface area (Å²) >= 11 is 5.78. The van der Waals surface area contributed by atoms with Gasteiger partial charge in [0.1, 0.15) is 11.8 Å². The van der Waals surface area contributed by atoms with Crippen molar-refractivity contribution in [3.8, 4) is 0 Å². The molecule has 1 fully saturated rings. The van der Waals surface area contributed by atoms with Gasteiger partial charge in [0.05, 0.1) is 30.6 Å². The van der Waals surface area contributed by atoms with Gasteiger partial charge in [-0.1, -0.05) is 11.6 Å². The first-order chi connectivity index (χ1) is 12.6. The minimum atomic E-state index is -0.551. The quantitative estimate of drug-likeness (QED) is 0.216. The minimum Gasteiger partial charge on any atom is -0.489 e. The molecule has 1 aromatic heterocycles. The fourth-order valence-electron chi connectivity index (χ4n) is 2.20. The van der Waals surface area contributed by atoms with Crippen LogP contribution < -0.4 is 10.9 Å². The zero-order chi connectivity index (χ0) is 18.8. The van der Waals surface area contributed by atoms with Crippen molar-refractivity contribution in [1.82, 2.24) is 15.3 Å². The molecule has 0 aromatic carbocycles. The fourth-order valence-corrected chi connectivity index (χ4v) is 2.35. The minimum absolute atomic E-state index is 0.000135. The van der Waals surface area contributed by atoms with E-state index in [1.54, 1.807) is 7.05 Å². The Balaban J connectivity index is 1.88. The van der Waals surface area contributed by atoms with E-state index in [2.05, 4.69) is 25.7 Å². The Kier molecular flexibility index (Phi) is 8.06. The van der Waals surface area contributed by atoms with Gasteiger partial charge in [-0.2, -0.15) is 0 Å². The molecule has 0 radical (unpaired) electrons. The van der Waals surface area contributed by atoms with Gasteiger partial charge in [-0.15, -0.1) is 0 Å². The number of hydrogen-bond donors (Lipinski definition) is 2. The number of halogens is 1. The molecule has 0 amide bonds. The summed E-state index contributed by atoms with van der Waals surface area (Å²) in [5.74, 6) is 0.470. The predicted octanol–water partition coefficient (Wildman–Crippen LogP) is 1.45. The maximum atomic E-state index is 11.0. The van der Waals surface area contributed by atoms with Crippen molar-refractivity contribution in [3.63, 3.8) is 0 Å². The Hall–Kier alpha value is -2.43. The lowest BCUT2D eigenvalue weighted by molar-refractivity contribution is -0.384. The number of aromatic nitrogens is 1. The molecule has 11 heteroatoms. The predicted molar refractivity (Wildman–Crippen MR) is 98.4 cm³/mol. The van der Waals surface area contributed by atoms with Gasteiger partial charge in [0.2, 0.25) is 5.82 Å². The summed E-state index contributed by atoms with van der Waals surface area (Å²) in [6.07, 6.45) is 3.03. The molecule has 2 N–H and O–H groups in total. The molecular weight excluding hydrogens is 364 g/mol. The van der Waals surface area contributed by atoms with Crippen LogP contribution in [0.1, 0.15) is 0 Å². The molecule has 1 aliphatic heterocycles. The largest absolute Gasteiger partial charge is 0.489 e. The molecule has 0 unspecified atom stereocenters. The molecule has 142 valence electrons. The van der Waals surface area contributed by atoms with E-state index in [0.29, 0.717) is 12.4 Å². The molecule has 26 heavy (non-hydrogen) atoms. The number of aliphatic imine (C=N–C) groups is 1. The molecule has 1 saturated heterocycles. The first-order valence-corrected chi connectivity index (χ1v) is 8.35. The van der Waals surface area contributed by atoms with E-state index in [0.717, 1.165) is 32.8 Å². The van der Waals surface area contributed by atoms with Crippen LogP contribution in [-0.4, -0.2) is 67.5 Å². The molecule has 0 bridgehead atoms. The molecule has 1 aromatic rings. The lowest BCUT2D eigenvalue weighted by Crippen LogP contribution is -2.38. The SMILES string of the molecule is CN=CC(=CNNc1nc(Cl)ccc1[N+](=O)[O-])OCCN1CCOCC1. The average molecular weight is 385 g/mol. The highest BCUT2D eigenvalue weighted by molar-refractivity contribution is 6.29. The second-order valence-electron chi connectivity index (χ2n) is 5.26. The topological polar surface area (TPSA) is 114 Å². The molecule has 0 atom stereocenters. The first kappa shape index (κ1) is 19.9. The van der Waals surface area contributed by atoms with Gasteiger partial charge < -0.3 is 14.9 Å². The van der Waals surface area contributed by atoms with E-state index in [4.69, 9.17) is 21.1 Å². The van der Waals surface area contributed by atoms with Crippen LogP contribution in [-0.2, 0) is 9.47 Å². The van der Waals surface area contributed by atoms with E-state index in [9.17, 15) is 10.1 Å². The van der Waals surface area contributed by atoms with E-state index in [1.165, 1.54) is 24.5 Å². The van der Waals surface area contributed by atoms with Gasteiger partial charge in [-0.25, -0.2) is 4.98 Å². The lowest BCUT2D eigenvalue weighted by Gasteiger charge is -2.26. The number of hydrogen-bond acceptors (Lipinski definition) is 9. The Morgan fingerprint density at radius 1 is 1.54 bits per heavy atom. The summed E-state index contributed by atoms with van der Waals surface area (Å²) in [5, 5.41) is 11.1. The number of allylic oxidation sites excluding steroid dienone is 1. The number of nitro groups is 1. The summed E-state index contributed by atoms with van der Waals surface area (Å²) < 4.78 is 11.0. The average Bonchev–Trinajstić information content (AvgIpc) is 2.62. The number of morpholine rings is 1. The van der Waals surface area contributed by atoms with Crippen LogP contribution in [0.2, 0.25) is 5.15 Å². The van der Waals surface area contributed by atoms with Crippen molar-refractivity contribution in [2.45, 2.75) is 0 Å². The standard InChI is InChI=1S/C15H21ClN6O4/c1-17-10-12(26-9-6-21-4-7-25-8-5-21)11-18-20-15-13(22(23)24)2-3-14(16)19-15/h2-3,10-11,18H,4-9H2,1H3,(H,19,20). The van der Waals surface area contributed by atoms with Crippen molar-refractivity contribution in [3.05, 3.63) is 39.4 Å². The summed E-state index contributed by atoms with van der Waals surface area (Å²) in [6.45, 7) is 4.48. The van der Waals surface area contributed by atoms with Crippen LogP contribution in [0.15, 0.2) is 29.1 Å². The van der Waals surface area contributed by atoms with Crippen LogP contribution in [0.4, 0.5) is 11.5 Å². The third-order valence-electron chi connectivity index (χ3n) is 3.48. The molecule has 10 nitrogen and oxygen atoms in total. The van der Waals surface area contributed by atoms with E-state index in [-0.39, 0.29) is 16.7 Å². The monoisotopic (exact) mass is 384 g/mol. The normalized spacial score (nSPS) is 15.8. The highest BCUT2D eigenvalue weighted by Gasteiger charge is 2.15. The third-order valence-corrected chi connectivity index (χ3v) is 3.69. The molecule has 0 saturated carbocycles. The van der Waals surface area contributed by atoms with Crippen LogP contribution in [0.3, 0.4) is 0 Å². The maximum Gasteiger partial charge on any atom is 0.313 e. The highest BCUT2D eigenvalue weighted by Crippen LogP contribution is 2.23. The van der Waals surface area contributed by atoms with Crippen molar-refractivity contribution >= 4 is 29.3 Å². The first-order valence-electron chi connectivity index (χ1n) is 7.98. The summed E-state index contributed by atoms with van der Waals surface area (Å²) in [5.41, 5.74) is 5.14. The Morgan fingerprint density at radius 2 is 2.31 bits per heavy atom. The number of rotatable bonds is 9. The highest BCUT2D eigenvalue weighted by atomic mass is 35.5. The summed E-state index contributed by atoms with van der Waals surface area (Å²) in [6, 6.07) is 2.63. The van der Waals surface area contributed by atoms with Gasteiger partial charge in [0.25, 0.3) is 0 Å². The Morgan fingerprint density at radius 3 is 3.00 bits per heavy atom. The van der Waals surface area contributed by atoms with Crippen molar-refractivity contribution in [1.29, 1.82) is 0 Å². The summed E-state index contributed by atoms with van der Waals surface area (Å²) in [4.78, 5) is 20.5. The smallest absolute Gasteiger partial charge is 0.313 e. The van der Waals surface area contributed by atoms with Crippen LogP contribution in [0, 0.1) is 10.1 Å². The van der Waals surface area contributed by atoms with Gasteiger partial charge in [0, 0.05) is 32.7 Å². The molecule has 2 rings (SSSR count). The number of nitrogens with zero attached hydrogens (tertiary/aromatic N) is 4. The van der Waals surface area contributed by atoms with Crippen molar-refractivity contribution in [2.75, 3.05) is 51.9 Å². The zero-order valence-corrected chi connectivity index (χ0v) is 15.1. The lowest BCUT2D eigenvalue weighted by atomic mass is 10.4. The number of anilines is 1. The van der Waals surface area contributed by atoms with Gasteiger partial charge in [0.15, 0.2) is 5.76 Å². The van der Waals surface area contributed by atoms with E-state index in [1.807, 2.05) is 0 Å². The van der Waals surface area contributed by atoms with Crippen molar-refractivity contribution < 1.29 is 14.4 Å². The fraction of sp³-hybridized carbons (Fsp3) is 0.467. The Bertz CT molecular complexity index is 664. The number of hydrazine groups is 1. The van der Waals surface area contributed by atoms with Gasteiger partial charge in [-0.3, -0.25) is 25.4 Å². The van der Waals surface area contributed by atoms with E-state index < -0.39 is 4.92 Å². The second kappa shape index (κ2) is 10.5. The Labute approximate surface area is 156 Å². The van der Waals surface area contributed by atoms with Crippen molar-refractivity contribution in [2.24, 2.45) is 4.99 Å². The number of pyridine rings is 1. The second-order valence-corrected chi connectivity index (χ2v) is 5.65. The van der Waals surface area contributed by atoms with Gasteiger partial charge in [-0.05, 0) is 6.07 Å². The molecular formula is C15H21ClN6O4. The third kappa shape index (κ3) is 6.47. The van der Waals surface area contributed by atoms with Crippen LogP contribution >= 0.6 is 11.6 Å². The molecule has 1 aliphatic rings. The number of nitrogens with one attached hydrogen (secondary N) is 2. The summed E-state index contributed by atoms with van der Waals surface area (Å²) in [7, 11) is 1.62. The molecule has 0 spiro atoms. The molecule has 2 heterocycles. The molecule has 0 aliphatic carbocycles. The number of ether oxygens (including phenoxy) is 2.